The summed E-state index contributed by atoms with van der Waals surface area (Å²) in [6.07, 6.45) is 0. The zero-order chi connectivity index (χ0) is 19.0. The second-order valence-electron chi connectivity index (χ2n) is 6.35. The summed E-state index contributed by atoms with van der Waals surface area (Å²) in [7, 11) is 0. The molecule has 2 heterocycles. The lowest BCUT2D eigenvalue weighted by Crippen LogP contribution is -2.13. The molecule has 0 fully saturated rings. The molecule has 0 spiro atoms. The Hall–Kier alpha value is -3.35. The number of amides is 1. The molecule has 0 radical (unpaired) electrons. The van der Waals surface area contributed by atoms with Gasteiger partial charge in [0.25, 0.3) is 5.91 Å². The summed E-state index contributed by atoms with van der Waals surface area (Å²) in [4.78, 5) is 12.6. The van der Waals surface area contributed by atoms with Crippen molar-refractivity contribution < 1.29 is 18.7 Å². The van der Waals surface area contributed by atoms with Crippen LogP contribution in [0.5, 0.6) is 11.5 Å². The molecule has 7 heteroatoms. The topological polar surface area (TPSA) is 65.4 Å². The highest BCUT2D eigenvalue weighted by Crippen LogP contribution is 2.33. The van der Waals surface area contributed by atoms with Crippen LogP contribution in [0.15, 0.2) is 42.5 Å². The van der Waals surface area contributed by atoms with E-state index in [2.05, 4.69) is 10.4 Å². The van der Waals surface area contributed by atoms with E-state index in [1.807, 2.05) is 13.8 Å². The lowest BCUT2D eigenvalue weighted by atomic mass is 10.2. The van der Waals surface area contributed by atoms with E-state index >= 15 is 0 Å². The van der Waals surface area contributed by atoms with Crippen LogP contribution in [0.4, 0.5) is 10.1 Å². The highest BCUT2D eigenvalue weighted by atomic mass is 19.1. The van der Waals surface area contributed by atoms with Gasteiger partial charge in [-0.1, -0.05) is 12.1 Å². The van der Waals surface area contributed by atoms with Crippen molar-refractivity contribution >= 4 is 11.6 Å². The Morgan fingerprint density at radius 2 is 1.89 bits per heavy atom. The van der Waals surface area contributed by atoms with E-state index < -0.39 is 0 Å². The summed E-state index contributed by atoms with van der Waals surface area (Å²) in [5.74, 6) is 0.666. The van der Waals surface area contributed by atoms with E-state index in [4.69, 9.17) is 9.47 Å². The molecule has 1 N–H and O–H groups in total. The van der Waals surface area contributed by atoms with E-state index in [1.165, 1.54) is 12.1 Å². The molecule has 0 saturated heterocycles. The number of fused-ring (bicyclic) bond motifs is 1. The Labute approximate surface area is 155 Å². The standard InChI is InChI=1S/C20H18FN3O3/c1-12-19(13(2)24(23-12)10-14-3-6-16(21)7-4-14)22-20(25)15-5-8-17-18(9-15)27-11-26-17/h3-9H,10-11H2,1-2H3,(H,22,25). The zero-order valence-electron chi connectivity index (χ0n) is 15.0. The molecule has 1 aliphatic rings. The van der Waals surface area contributed by atoms with E-state index in [0.29, 0.717) is 35.0 Å². The van der Waals surface area contributed by atoms with Gasteiger partial charge in [0.1, 0.15) is 5.82 Å². The van der Waals surface area contributed by atoms with Crippen molar-refractivity contribution in [1.29, 1.82) is 0 Å². The number of carbonyl (C=O) groups is 1. The summed E-state index contributed by atoms with van der Waals surface area (Å²) >= 11 is 0. The van der Waals surface area contributed by atoms with E-state index in [9.17, 15) is 9.18 Å². The molecule has 0 atom stereocenters. The Bertz CT molecular complexity index is 1010. The zero-order valence-corrected chi connectivity index (χ0v) is 15.0. The first-order chi connectivity index (χ1) is 13.0. The largest absolute Gasteiger partial charge is 0.454 e. The summed E-state index contributed by atoms with van der Waals surface area (Å²) in [5.41, 5.74) is 3.61. The fourth-order valence-electron chi connectivity index (χ4n) is 3.02. The number of aryl methyl sites for hydroxylation is 1. The Kier molecular flexibility index (Phi) is 4.27. The number of rotatable bonds is 4. The van der Waals surface area contributed by atoms with Gasteiger partial charge in [0, 0.05) is 5.56 Å². The average molecular weight is 367 g/mol. The fraction of sp³-hybridized carbons (Fsp3) is 0.200. The molecule has 2 aromatic carbocycles. The number of hydrogen-bond acceptors (Lipinski definition) is 4. The number of hydrogen-bond donors (Lipinski definition) is 1. The van der Waals surface area contributed by atoms with Crippen LogP contribution >= 0.6 is 0 Å². The third kappa shape index (κ3) is 3.36. The quantitative estimate of drug-likeness (QED) is 0.764. The number of nitrogens with one attached hydrogen (secondary N) is 1. The van der Waals surface area contributed by atoms with Gasteiger partial charge in [-0.3, -0.25) is 9.48 Å². The maximum atomic E-state index is 13.1. The third-order valence-electron chi connectivity index (χ3n) is 4.50. The summed E-state index contributed by atoms with van der Waals surface area (Å²) < 4.78 is 25.5. The lowest BCUT2D eigenvalue weighted by molar-refractivity contribution is 0.102. The van der Waals surface area contributed by atoms with Gasteiger partial charge in [0.05, 0.1) is 23.6 Å². The molecule has 138 valence electrons. The van der Waals surface area contributed by atoms with Crippen molar-refractivity contribution in [1.82, 2.24) is 9.78 Å². The molecule has 1 aromatic heterocycles. The van der Waals surface area contributed by atoms with Crippen LogP contribution in [0.1, 0.15) is 27.3 Å². The number of benzene rings is 2. The number of ether oxygens (including phenoxy) is 2. The molecule has 3 aromatic rings. The van der Waals surface area contributed by atoms with Crippen LogP contribution in [-0.2, 0) is 6.54 Å². The number of nitrogens with zero attached hydrogens (tertiary/aromatic N) is 2. The Morgan fingerprint density at radius 1 is 1.15 bits per heavy atom. The van der Waals surface area contributed by atoms with Crippen molar-refractivity contribution in [2.75, 3.05) is 12.1 Å². The molecule has 1 aliphatic heterocycles. The van der Waals surface area contributed by atoms with Crippen molar-refractivity contribution in [2.24, 2.45) is 0 Å². The van der Waals surface area contributed by atoms with Crippen LogP contribution in [0.25, 0.3) is 0 Å². The van der Waals surface area contributed by atoms with Crippen LogP contribution in [0.3, 0.4) is 0 Å². The normalized spacial score (nSPS) is 12.3. The molecule has 4 rings (SSSR count). The van der Waals surface area contributed by atoms with Crippen molar-refractivity contribution in [3.8, 4) is 11.5 Å². The lowest BCUT2D eigenvalue weighted by Gasteiger charge is -2.08. The molecule has 0 bridgehead atoms. The molecule has 1 amide bonds. The predicted molar refractivity (Wildman–Crippen MR) is 97.7 cm³/mol. The highest BCUT2D eigenvalue weighted by molar-refractivity contribution is 6.05. The van der Waals surface area contributed by atoms with Gasteiger partial charge in [-0.05, 0) is 49.7 Å². The van der Waals surface area contributed by atoms with E-state index in [0.717, 1.165) is 11.3 Å². The van der Waals surface area contributed by atoms with Crippen LogP contribution in [0.2, 0.25) is 0 Å². The van der Waals surface area contributed by atoms with Crippen molar-refractivity contribution in [3.05, 3.63) is 70.8 Å². The minimum atomic E-state index is -0.274. The summed E-state index contributed by atoms with van der Waals surface area (Å²) in [6, 6.07) is 11.3. The van der Waals surface area contributed by atoms with Gasteiger partial charge in [0.2, 0.25) is 6.79 Å². The summed E-state index contributed by atoms with van der Waals surface area (Å²) in [5, 5.41) is 7.42. The molecule has 6 nitrogen and oxygen atoms in total. The second-order valence-corrected chi connectivity index (χ2v) is 6.35. The first kappa shape index (κ1) is 17.1. The van der Waals surface area contributed by atoms with Crippen molar-refractivity contribution in [2.45, 2.75) is 20.4 Å². The predicted octanol–water partition coefficient (Wildman–Crippen LogP) is 3.67. The average Bonchev–Trinajstić information content (AvgIpc) is 3.23. The van der Waals surface area contributed by atoms with Gasteiger partial charge in [-0.2, -0.15) is 5.10 Å². The maximum absolute atomic E-state index is 13.1. The van der Waals surface area contributed by atoms with Crippen LogP contribution < -0.4 is 14.8 Å². The minimum absolute atomic E-state index is 0.161. The highest BCUT2D eigenvalue weighted by Gasteiger charge is 2.19. The van der Waals surface area contributed by atoms with Gasteiger partial charge >= 0.3 is 0 Å². The molecule has 0 saturated carbocycles. The number of carbonyl (C=O) groups excluding carboxylic acids is 1. The number of aromatic nitrogens is 2. The Morgan fingerprint density at radius 3 is 2.67 bits per heavy atom. The van der Waals surface area contributed by atoms with Gasteiger partial charge < -0.3 is 14.8 Å². The molecular formula is C20H18FN3O3. The Balaban J connectivity index is 1.54. The molecular weight excluding hydrogens is 349 g/mol. The second kappa shape index (κ2) is 6.75. The molecule has 27 heavy (non-hydrogen) atoms. The summed E-state index contributed by atoms with van der Waals surface area (Å²) in [6.45, 7) is 4.38. The SMILES string of the molecule is Cc1nn(Cc2ccc(F)cc2)c(C)c1NC(=O)c1ccc2c(c1)OCO2. The monoisotopic (exact) mass is 367 g/mol. The van der Waals surface area contributed by atoms with E-state index in [-0.39, 0.29) is 18.5 Å². The van der Waals surface area contributed by atoms with Gasteiger partial charge in [0.15, 0.2) is 11.5 Å². The van der Waals surface area contributed by atoms with Gasteiger partial charge in [-0.25, -0.2) is 4.39 Å². The minimum Gasteiger partial charge on any atom is -0.454 e. The first-order valence-electron chi connectivity index (χ1n) is 8.51. The smallest absolute Gasteiger partial charge is 0.255 e. The van der Waals surface area contributed by atoms with Crippen LogP contribution in [0, 0.1) is 19.7 Å². The van der Waals surface area contributed by atoms with Crippen LogP contribution in [-0.4, -0.2) is 22.5 Å². The number of anilines is 1. The first-order valence-corrected chi connectivity index (χ1v) is 8.51. The van der Waals surface area contributed by atoms with Gasteiger partial charge in [-0.15, -0.1) is 0 Å². The fourth-order valence-corrected chi connectivity index (χ4v) is 3.02. The number of halogens is 1. The maximum Gasteiger partial charge on any atom is 0.255 e. The molecule has 0 aliphatic carbocycles. The molecule has 0 unspecified atom stereocenters. The third-order valence-corrected chi connectivity index (χ3v) is 4.50. The van der Waals surface area contributed by atoms with Crippen molar-refractivity contribution in [3.63, 3.8) is 0 Å². The van der Waals surface area contributed by atoms with E-state index in [1.54, 1.807) is 35.0 Å².